The van der Waals surface area contributed by atoms with E-state index in [4.69, 9.17) is 37.1 Å². The Morgan fingerprint density at radius 1 is 1.10 bits per heavy atom. The van der Waals surface area contributed by atoms with E-state index in [1.807, 2.05) is 0 Å². The number of thioether (sulfide) groups is 1. The summed E-state index contributed by atoms with van der Waals surface area (Å²) in [6.07, 6.45) is 0. The molecule has 3 rings (SSSR count). The molecular weight excluding hydrogens is 453 g/mol. The zero-order chi connectivity index (χ0) is 21.5. The van der Waals surface area contributed by atoms with Crippen LogP contribution < -0.4 is 10.1 Å². The van der Waals surface area contributed by atoms with Crippen molar-refractivity contribution < 1.29 is 23.5 Å². The molecule has 1 N–H and O–H groups in total. The molecule has 0 atom stereocenters. The zero-order valence-corrected chi connectivity index (χ0v) is 17.9. The van der Waals surface area contributed by atoms with Crippen molar-refractivity contribution in [3.05, 3.63) is 52.5 Å². The average Bonchev–Trinajstić information content (AvgIpc) is 3.20. The van der Waals surface area contributed by atoms with Crippen LogP contribution in [-0.4, -0.2) is 41.5 Å². The van der Waals surface area contributed by atoms with E-state index in [1.54, 1.807) is 36.4 Å². The van der Waals surface area contributed by atoms with Crippen molar-refractivity contribution in [2.24, 2.45) is 0 Å². The Morgan fingerprint density at radius 2 is 1.83 bits per heavy atom. The molecule has 30 heavy (non-hydrogen) atoms. The lowest BCUT2D eigenvalue weighted by Crippen LogP contribution is -2.21. The van der Waals surface area contributed by atoms with Gasteiger partial charge in [0.2, 0.25) is 5.89 Å². The van der Waals surface area contributed by atoms with Gasteiger partial charge in [0.15, 0.2) is 6.61 Å². The van der Waals surface area contributed by atoms with Gasteiger partial charge in [-0.15, -0.1) is 10.2 Å². The third-order valence-electron chi connectivity index (χ3n) is 3.61. The van der Waals surface area contributed by atoms with Gasteiger partial charge in [-0.1, -0.05) is 35.0 Å². The van der Waals surface area contributed by atoms with Gasteiger partial charge in [-0.05, 0) is 42.5 Å². The lowest BCUT2D eigenvalue weighted by molar-refractivity contribution is -0.144. The molecule has 0 unspecified atom stereocenters. The minimum Gasteiger partial charge on any atom is -0.495 e. The first-order valence-corrected chi connectivity index (χ1v) is 10.2. The number of nitrogens with zero attached hydrogens (tertiary/aromatic N) is 2. The number of rotatable bonds is 8. The predicted molar refractivity (Wildman–Crippen MR) is 113 cm³/mol. The van der Waals surface area contributed by atoms with Crippen molar-refractivity contribution in [2.45, 2.75) is 5.22 Å². The van der Waals surface area contributed by atoms with E-state index < -0.39 is 18.5 Å². The Labute approximate surface area is 185 Å². The van der Waals surface area contributed by atoms with Gasteiger partial charge in [0.05, 0.1) is 12.8 Å². The highest BCUT2D eigenvalue weighted by molar-refractivity contribution is 7.99. The van der Waals surface area contributed by atoms with Crippen LogP contribution in [0, 0.1) is 0 Å². The average molecular weight is 468 g/mol. The summed E-state index contributed by atoms with van der Waals surface area (Å²) in [6.45, 7) is -0.463. The van der Waals surface area contributed by atoms with Gasteiger partial charge in [0.25, 0.3) is 11.1 Å². The molecule has 1 aromatic heterocycles. The van der Waals surface area contributed by atoms with Gasteiger partial charge in [0.1, 0.15) is 11.5 Å². The molecular formula is C19H15Cl2N3O5S. The molecule has 0 radical (unpaired) electrons. The molecule has 156 valence electrons. The number of methoxy groups -OCH3 is 1. The fourth-order valence-electron chi connectivity index (χ4n) is 2.25. The van der Waals surface area contributed by atoms with Crippen molar-refractivity contribution in [2.75, 3.05) is 24.8 Å². The number of hydrogen-bond acceptors (Lipinski definition) is 8. The molecule has 8 nitrogen and oxygen atoms in total. The number of halogens is 2. The molecule has 0 aliphatic carbocycles. The van der Waals surface area contributed by atoms with Crippen LogP contribution in [0.15, 0.2) is 52.1 Å². The van der Waals surface area contributed by atoms with Crippen LogP contribution in [0.3, 0.4) is 0 Å². The minimum absolute atomic E-state index is 0.101. The Kier molecular flexibility index (Phi) is 7.56. The smallest absolute Gasteiger partial charge is 0.316 e. The van der Waals surface area contributed by atoms with Crippen LogP contribution in [0.4, 0.5) is 5.69 Å². The first-order valence-electron chi connectivity index (χ1n) is 8.46. The highest BCUT2D eigenvalue weighted by atomic mass is 35.5. The Hall–Kier alpha value is -2.75. The summed E-state index contributed by atoms with van der Waals surface area (Å²) >= 11 is 12.8. The number of esters is 1. The van der Waals surface area contributed by atoms with Crippen molar-refractivity contribution in [1.82, 2.24) is 10.2 Å². The number of carbonyl (C=O) groups is 2. The van der Waals surface area contributed by atoms with Gasteiger partial charge in [-0.3, -0.25) is 9.59 Å². The summed E-state index contributed by atoms with van der Waals surface area (Å²) in [4.78, 5) is 23.9. The standard InChI is InChI=1S/C19H15Cl2N3O5S/c1-27-15-7-6-13(21)8-14(15)22-16(25)9-28-17(26)10-30-19-24-23-18(29-19)11-2-4-12(20)5-3-11/h2-8H,9-10H2,1H3,(H,22,25). The lowest BCUT2D eigenvalue weighted by Gasteiger charge is -2.10. The van der Waals surface area contributed by atoms with Gasteiger partial charge >= 0.3 is 5.97 Å². The Morgan fingerprint density at radius 3 is 2.57 bits per heavy atom. The summed E-state index contributed by atoms with van der Waals surface area (Å²) < 4.78 is 15.6. The Bertz CT molecular complexity index is 1040. The fourth-order valence-corrected chi connectivity index (χ4v) is 3.11. The van der Waals surface area contributed by atoms with Crippen molar-refractivity contribution in [1.29, 1.82) is 0 Å². The maximum atomic E-state index is 12.0. The number of nitrogens with one attached hydrogen (secondary N) is 1. The number of amides is 1. The molecule has 0 aliphatic rings. The van der Waals surface area contributed by atoms with Gasteiger partial charge in [-0.2, -0.15) is 0 Å². The summed E-state index contributed by atoms with van der Waals surface area (Å²) in [5.74, 6) is -0.508. The van der Waals surface area contributed by atoms with E-state index in [2.05, 4.69) is 15.5 Å². The maximum Gasteiger partial charge on any atom is 0.316 e. The van der Waals surface area contributed by atoms with E-state index in [0.29, 0.717) is 32.9 Å². The molecule has 2 aromatic carbocycles. The second-order valence-electron chi connectivity index (χ2n) is 5.72. The second kappa shape index (κ2) is 10.3. The van der Waals surface area contributed by atoms with E-state index in [1.165, 1.54) is 13.2 Å². The summed E-state index contributed by atoms with van der Waals surface area (Å²) in [6, 6.07) is 11.7. The predicted octanol–water partition coefficient (Wildman–Crippen LogP) is 4.33. The van der Waals surface area contributed by atoms with E-state index in [0.717, 1.165) is 11.8 Å². The highest BCUT2D eigenvalue weighted by Gasteiger charge is 2.14. The van der Waals surface area contributed by atoms with Crippen LogP contribution in [0.5, 0.6) is 5.75 Å². The second-order valence-corrected chi connectivity index (χ2v) is 7.52. The van der Waals surface area contributed by atoms with Crippen LogP contribution in [0.2, 0.25) is 10.0 Å². The minimum atomic E-state index is -0.612. The molecule has 1 heterocycles. The quantitative estimate of drug-likeness (QED) is 0.385. The van der Waals surface area contributed by atoms with Gasteiger partial charge in [-0.25, -0.2) is 0 Å². The SMILES string of the molecule is COc1ccc(Cl)cc1NC(=O)COC(=O)CSc1nnc(-c2ccc(Cl)cc2)o1. The molecule has 3 aromatic rings. The first-order chi connectivity index (χ1) is 14.4. The van der Waals surface area contributed by atoms with Gasteiger partial charge in [0, 0.05) is 15.6 Å². The maximum absolute atomic E-state index is 12.0. The summed E-state index contributed by atoms with van der Waals surface area (Å²) in [5.41, 5.74) is 1.08. The van der Waals surface area contributed by atoms with Gasteiger partial charge < -0.3 is 19.2 Å². The van der Waals surface area contributed by atoms with Crippen molar-refractivity contribution in [3.63, 3.8) is 0 Å². The lowest BCUT2D eigenvalue weighted by atomic mass is 10.2. The van der Waals surface area contributed by atoms with E-state index in [-0.39, 0.29) is 11.0 Å². The molecule has 0 fully saturated rings. The number of benzene rings is 2. The first kappa shape index (κ1) is 21.9. The number of aromatic nitrogens is 2. The molecule has 0 aliphatic heterocycles. The monoisotopic (exact) mass is 467 g/mol. The Balaban J connectivity index is 1.46. The molecule has 11 heteroatoms. The van der Waals surface area contributed by atoms with Crippen LogP contribution >= 0.6 is 35.0 Å². The third kappa shape index (κ3) is 6.12. The zero-order valence-electron chi connectivity index (χ0n) is 15.6. The number of anilines is 1. The fraction of sp³-hybridized carbons (Fsp3) is 0.158. The van der Waals surface area contributed by atoms with Crippen LogP contribution in [0.25, 0.3) is 11.5 Å². The van der Waals surface area contributed by atoms with E-state index >= 15 is 0 Å². The molecule has 0 spiro atoms. The normalized spacial score (nSPS) is 10.5. The summed E-state index contributed by atoms with van der Waals surface area (Å²) in [7, 11) is 1.46. The number of carbonyl (C=O) groups excluding carboxylic acids is 2. The van der Waals surface area contributed by atoms with Crippen molar-refractivity contribution >= 4 is 52.5 Å². The topological polar surface area (TPSA) is 104 Å². The molecule has 0 saturated carbocycles. The largest absolute Gasteiger partial charge is 0.495 e. The summed E-state index contributed by atoms with van der Waals surface area (Å²) in [5, 5.41) is 11.6. The molecule has 1 amide bonds. The van der Waals surface area contributed by atoms with E-state index in [9.17, 15) is 9.59 Å². The highest BCUT2D eigenvalue weighted by Crippen LogP contribution is 2.27. The third-order valence-corrected chi connectivity index (χ3v) is 4.89. The number of ether oxygens (including phenoxy) is 2. The van der Waals surface area contributed by atoms with Crippen molar-refractivity contribution in [3.8, 4) is 17.2 Å². The van der Waals surface area contributed by atoms with Crippen LogP contribution in [-0.2, 0) is 14.3 Å². The molecule has 0 bridgehead atoms. The number of hydrogen-bond donors (Lipinski definition) is 1. The van der Waals surface area contributed by atoms with Crippen LogP contribution in [0.1, 0.15) is 0 Å². The molecule has 0 saturated heterocycles.